The van der Waals surface area contributed by atoms with Gasteiger partial charge in [0.1, 0.15) is 4.99 Å². The van der Waals surface area contributed by atoms with Gasteiger partial charge in [0.05, 0.1) is 11.8 Å². The van der Waals surface area contributed by atoms with E-state index in [2.05, 4.69) is 16.8 Å². The SMILES string of the molecule is CCC1CN(c2ccnc(C(N)=S)c2)CCCO1. The molecule has 0 bridgehead atoms. The van der Waals surface area contributed by atoms with Gasteiger partial charge in [-0.05, 0) is 25.0 Å². The van der Waals surface area contributed by atoms with Crippen LogP contribution in [0.3, 0.4) is 0 Å². The van der Waals surface area contributed by atoms with Crippen LogP contribution in [-0.2, 0) is 4.74 Å². The molecular weight excluding hydrogens is 246 g/mol. The molecule has 18 heavy (non-hydrogen) atoms. The normalized spacial score (nSPS) is 20.5. The van der Waals surface area contributed by atoms with Crippen molar-refractivity contribution in [3.05, 3.63) is 24.0 Å². The second-order valence-electron chi connectivity index (χ2n) is 4.46. The maximum absolute atomic E-state index is 5.77. The van der Waals surface area contributed by atoms with Crippen molar-refractivity contribution in [3.8, 4) is 0 Å². The number of nitrogens with two attached hydrogens (primary N) is 1. The number of hydrogen-bond acceptors (Lipinski definition) is 4. The van der Waals surface area contributed by atoms with E-state index in [9.17, 15) is 0 Å². The third kappa shape index (κ3) is 3.17. The van der Waals surface area contributed by atoms with E-state index in [1.165, 1.54) is 0 Å². The molecule has 4 nitrogen and oxygen atoms in total. The van der Waals surface area contributed by atoms with Crippen LogP contribution in [0.15, 0.2) is 18.3 Å². The molecule has 2 rings (SSSR count). The van der Waals surface area contributed by atoms with Crippen LogP contribution in [0.2, 0.25) is 0 Å². The molecule has 1 aliphatic rings. The number of thiocarbonyl (C=S) groups is 1. The molecule has 5 heteroatoms. The third-order valence-electron chi connectivity index (χ3n) is 3.17. The lowest BCUT2D eigenvalue weighted by atomic mass is 10.2. The predicted molar refractivity (Wildman–Crippen MR) is 77.0 cm³/mol. The Balaban J connectivity index is 2.18. The number of nitrogens with zero attached hydrogens (tertiary/aromatic N) is 2. The summed E-state index contributed by atoms with van der Waals surface area (Å²) in [6.07, 6.45) is 4.13. The molecule has 1 saturated heterocycles. The lowest BCUT2D eigenvalue weighted by molar-refractivity contribution is 0.0664. The van der Waals surface area contributed by atoms with E-state index in [1.807, 2.05) is 12.1 Å². The van der Waals surface area contributed by atoms with Crippen LogP contribution >= 0.6 is 12.2 Å². The van der Waals surface area contributed by atoms with Gasteiger partial charge in [0.2, 0.25) is 0 Å². The Morgan fingerprint density at radius 2 is 2.50 bits per heavy atom. The molecule has 1 atom stereocenters. The van der Waals surface area contributed by atoms with Crippen LogP contribution in [-0.4, -0.2) is 35.8 Å². The van der Waals surface area contributed by atoms with E-state index in [-0.39, 0.29) is 0 Å². The quantitative estimate of drug-likeness (QED) is 0.843. The number of rotatable bonds is 3. The average Bonchev–Trinajstić information content (AvgIpc) is 2.64. The topological polar surface area (TPSA) is 51.4 Å². The molecule has 1 unspecified atom stereocenters. The minimum atomic E-state index is 0.300. The lowest BCUT2D eigenvalue weighted by Gasteiger charge is -2.25. The zero-order valence-corrected chi connectivity index (χ0v) is 11.4. The van der Waals surface area contributed by atoms with Crippen molar-refractivity contribution in [2.75, 3.05) is 24.6 Å². The lowest BCUT2D eigenvalue weighted by Crippen LogP contribution is -2.31. The summed E-state index contributed by atoms with van der Waals surface area (Å²) in [7, 11) is 0. The van der Waals surface area contributed by atoms with Gasteiger partial charge >= 0.3 is 0 Å². The first-order valence-corrected chi connectivity index (χ1v) is 6.74. The molecule has 0 spiro atoms. The molecule has 1 aromatic rings. The van der Waals surface area contributed by atoms with Crippen molar-refractivity contribution in [1.29, 1.82) is 0 Å². The summed E-state index contributed by atoms with van der Waals surface area (Å²) < 4.78 is 5.77. The van der Waals surface area contributed by atoms with E-state index in [0.717, 1.165) is 38.2 Å². The fourth-order valence-corrected chi connectivity index (χ4v) is 2.24. The van der Waals surface area contributed by atoms with Gasteiger partial charge in [-0.25, -0.2) is 0 Å². The highest BCUT2D eigenvalue weighted by Crippen LogP contribution is 2.19. The highest BCUT2D eigenvalue weighted by molar-refractivity contribution is 7.80. The second kappa shape index (κ2) is 6.11. The first-order chi connectivity index (χ1) is 8.70. The van der Waals surface area contributed by atoms with Crippen molar-refractivity contribution >= 4 is 22.9 Å². The Morgan fingerprint density at radius 1 is 1.67 bits per heavy atom. The Bertz CT molecular complexity index is 424. The van der Waals surface area contributed by atoms with E-state index in [0.29, 0.717) is 16.8 Å². The molecule has 0 radical (unpaired) electrons. The van der Waals surface area contributed by atoms with Crippen LogP contribution in [0.4, 0.5) is 5.69 Å². The molecule has 0 saturated carbocycles. The Hall–Kier alpha value is -1.20. The molecule has 0 aliphatic carbocycles. The molecule has 1 aliphatic heterocycles. The number of hydrogen-bond donors (Lipinski definition) is 1. The van der Waals surface area contributed by atoms with Crippen LogP contribution in [0.25, 0.3) is 0 Å². The Kier molecular flexibility index (Phi) is 4.49. The first kappa shape index (κ1) is 13.2. The summed E-state index contributed by atoms with van der Waals surface area (Å²) in [6.45, 7) is 4.90. The summed E-state index contributed by atoms with van der Waals surface area (Å²) in [4.78, 5) is 6.84. The summed E-state index contributed by atoms with van der Waals surface area (Å²) in [6, 6.07) is 3.96. The molecule has 1 aromatic heterocycles. The summed E-state index contributed by atoms with van der Waals surface area (Å²) >= 11 is 4.97. The zero-order valence-electron chi connectivity index (χ0n) is 10.6. The summed E-state index contributed by atoms with van der Waals surface area (Å²) in [5, 5.41) is 0. The Labute approximate surface area is 113 Å². The third-order valence-corrected chi connectivity index (χ3v) is 3.38. The fraction of sp³-hybridized carbons (Fsp3) is 0.538. The zero-order chi connectivity index (χ0) is 13.0. The standard InChI is InChI=1S/C13H19N3OS/c1-2-11-9-16(6-3-7-17-11)10-4-5-15-12(8-10)13(14)18/h4-5,8,11H,2-3,6-7,9H2,1H3,(H2,14,18). The number of pyridine rings is 1. The van der Waals surface area contributed by atoms with Gasteiger partial charge in [0.25, 0.3) is 0 Å². The van der Waals surface area contributed by atoms with Crippen molar-refractivity contribution in [2.45, 2.75) is 25.9 Å². The number of aromatic nitrogens is 1. The predicted octanol–water partition coefficient (Wildman–Crippen LogP) is 1.72. The van der Waals surface area contributed by atoms with Crippen LogP contribution in [0, 0.1) is 0 Å². The molecular formula is C13H19N3OS. The van der Waals surface area contributed by atoms with Crippen molar-refractivity contribution in [3.63, 3.8) is 0 Å². The van der Waals surface area contributed by atoms with Gasteiger partial charge in [0, 0.05) is 31.6 Å². The highest BCUT2D eigenvalue weighted by atomic mass is 32.1. The molecule has 2 heterocycles. The second-order valence-corrected chi connectivity index (χ2v) is 4.90. The average molecular weight is 265 g/mol. The molecule has 2 N–H and O–H groups in total. The fourth-order valence-electron chi connectivity index (χ4n) is 2.13. The highest BCUT2D eigenvalue weighted by Gasteiger charge is 2.18. The van der Waals surface area contributed by atoms with Crippen LogP contribution in [0.5, 0.6) is 0 Å². The van der Waals surface area contributed by atoms with E-state index in [4.69, 9.17) is 22.7 Å². The minimum absolute atomic E-state index is 0.300. The van der Waals surface area contributed by atoms with E-state index in [1.54, 1.807) is 6.20 Å². The minimum Gasteiger partial charge on any atom is -0.388 e. The maximum Gasteiger partial charge on any atom is 0.122 e. The van der Waals surface area contributed by atoms with Gasteiger partial charge in [-0.2, -0.15) is 0 Å². The Morgan fingerprint density at radius 3 is 3.22 bits per heavy atom. The van der Waals surface area contributed by atoms with Gasteiger partial charge in [-0.1, -0.05) is 19.1 Å². The first-order valence-electron chi connectivity index (χ1n) is 6.33. The molecule has 98 valence electrons. The summed E-state index contributed by atoms with van der Waals surface area (Å²) in [5.74, 6) is 0. The summed E-state index contributed by atoms with van der Waals surface area (Å²) in [5.41, 5.74) is 7.43. The number of ether oxygens (including phenoxy) is 1. The van der Waals surface area contributed by atoms with Gasteiger partial charge in [-0.15, -0.1) is 0 Å². The van der Waals surface area contributed by atoms with Crippen molar-refractivity contribution in [2.24, 2.45) is 5.73 Å². The van der Waals surface area contributed by atoms with Crippen molar-refractivity contribution in [1.82, 2.24) is 4.98 Å². The molecule has 0 amide bonds. The largest absolute Gasteiger partial charge is 0.388 e. The van der Waals surface area contributed by atoms with Gasteiger partial charge < -0.3 is 15.4 Å². The molecule has 1 fully saturated rings. The van der Waals surface area contributed by atoms with Gasteiger partial charge in [0.15, 0.2) is 0 Å². The van der Waals surface area contributed by atoms with Crippen LogP contribution < -0.4 is 10.6 Å². The van der Waals surface area contributed by atoms with Crippen LogP contribution in [0.1, 0.15) is 25.5 Å². The van der Waals surface area contributed by atoms with Gasteiger partial charge in [-0.3, -0.25) is 4.98 Å². The maximum atomic E-state index is 5.77. The van der Waals surface area contributed by atoms with E-state index >= 15 is 0 Å². The van der Waals surface area contributed by atoms with E-state index < -0.39 is 0 Å². The van der Waals surface area contributed by atoms with Crippen molar-refractivity contribution < 1.29 is 4.74 Å². The smallest absolute Gasteiger partial charge is 0.122 e. The molecule has 0 aromatic carbocycles. The number of anilines is 1. The monoisotopic (exact) mass is 265 g/mol.